The molecule has 0 aliphatic carbocycles. The van der Waals surface area contributed by atoms with Crippen molar-refractivity contribution < 1.29 is 23.5 Å². The van der Waals surface area contributed by atoms with Gasteiger partial charge in [0, 0.05) is 13.1 Å². The molecule has 3 rings (SSSR count). The summed E-state index contributed by atoms with van der Waals surface area (Å²) in [4.78, 5) is 38.1. The minimum absolute atomic E-state index is 0.104. The highest BCUT2D eigenvalue weighted by molar-refractivity contribution is 8.18. The van der Waals surface area contributed by atoms with E-state index in [-0.39, 0.29) is 30.1 Å². The van der Waals surface area contributed by atoms with Crippen LogP contribution in [0.25, 0.3) is 6.08 Å². The summed E-state index contributed by atoms with van der Waals surface area (Å²) in [5.74, 6) is 0.557. The summed E-state index contributed by atoms with van der Waals surface area (Å²) in [5, 5.41) is 2.33. The van der Waals surface area contributed by atoms with Gasteiger partial charge < -0.3 is 14.5 Å². The summed E-state index contributed by atoms with van der Waals surface area (Å²) in [6.07, 6.45) is 3.10. The molecule has 0 unspecified atom stereocenters. The number of hydrogen-bond donors (Lipinski definition) is 1. The number of hydrogen-bond acceptors (Lipinski definition) is 6. The topological polar surface area (TPSA) is 88.8 Å². The molecule has 140 valence electrons. The SMILES string of the molecule is COc1ccc(C=C2SC(=O)N(CCNC(=O)c3ccoc3C)C2=O)cc1. The Kier molecular flexibility index (Phi) is 5.66. The molecule has 1 aromatic heterocycles. The van der Waals surface area contributed by atoms with Crippen LogP contribution in [0.2, 0.25) is 0 Å². The van der Waals surface area contributed by atoms with Gasteiger partial charge >= 0.3 is 0 Å². The van der Waals surface area contributed by atoms with Crippen LogP contribution >= 0.6 is 11.8 Å². The average molecular weight is 386 g/mol. The molecular weight excluding hydrogens is 368 g/mol. The van der Waals surface area contributed by atoms with E-state index < -0.39 is 0 Å². The smallest absolute Gasteiger partial charge is 0.293 e. The highest BCUT2D eigenvalue weighted by Crippen LogP contribution is 2.32. The lowest BCUT2D eigenvalue weighted by atomic mass is 10.2. The number of amides is 3. The molecule has 0 spiro atoms. The number of nitrogens with zero attached hydrogens (tertiary/aromatic N) is 1. The Balaban J connectivity index is 1.59. The molecule has 1 saturated heterocycles. The maximum atomic E-state index is 12.5. The van der Waals surface area contributed by atoms with Crippen molar-refractivity contribution in [3.05, 3.63) is 58.4 Å². The number of carbonyl (C=O) groups excluding carboxylic acids is 3. The van der Waals surface area contributed by atoms with Crippen LogP contribution in [-0.2, 0) is 4.79 Å². The fraction of sp³-hybridized carbons (Fsp3) is 0.211. The fourth-order valence-electron chi connectivity index (χ4n) is 2.54. The third-order valence-electron chi connectivity index (χ3n) is 4.01. The largest absolute Gasteiger partial charge is 0.497 e. The third-order valence-corrected chi connectivity index (χ3v) is 4.92. The quantitative estimate of drug-likeness (QED) is 0.768. The Morgan fingerprint density at radius 2 is 2.00 bits per heavy atom. The predicted molar refractivity (Wildman–Crippen MR) is 101 cm³/mol. The van der Waals surface area contributed by atoms with Crippen molar-refractivity contribution in [2.45, 2.75) is 6.92 Å². The lowest BCUT2D eigenvalue weighted by Gasteiger charge is -2.12. The average Bonchev–Trinajstić information content (AvgIpc) is 3.20. The van der Waals surface area contributed by atoms with E-state index in [2.05, 4.69) is 5.32 Å². The maximum absolute atomic E-state index is 12.5. The second-order valence-corrected chi connectivity index (χ2v) is 6.75. The minimum atomic E-state index is -0.366. The van der Waals surface area contributed by atoms with E-state index in [1.165, 1.54) is 6.26 Å². The van der Waals surface area contributed by atoms with Crippen LogP contribution in [-0.4, -0.2) is 42.2 Å². The second kappa shape index (κ2) is 8.13. The Labute approximate surface area is 160 Å². The number of carbonyl (C=O) groups is 3. The summed E-state index contributed by atoms with van der Waals surface area (Å²) in [6, 6.07) is 8.75. The second-order valence-electron chi connectivity index (χ2n) is 5.75. The van der Waals surface area contributed by atoms with Gasteiger partial charge in [-0.3, -0.25) is 19.3 Å². The molecule has 1 fully saturated rings. The van der Waals surface area contributed by atoms with Gasteiger partial charge in [-0.15, -0.1) is 0 Å². The number of nitrogens with one attached hydrogen (secondary N) is 1. The van der Waals surface area contributed by atoms with Crippen molar-refractivity contribution in [1.82, 2.24) is 10.2 Å². The monoisotopic (exact) mass is 386 g/mol. The zero-order valence-electron chi connectivity index (χ0n) is 14.9. The fourth-order valence-corrected chi connectivity index (χ4v) is 3.41. The third kappa shape index (κ3) is 4.22. The van der Waals surface area contributed by atoms with Crippen LogP contribution < -0.4 is 10.1 Å². The first-order valence-corrected chi connectivity index (χ1v) is 9.03. The molecule has 1 aliphatic rings. The molecule has 0 bridgehead atoms. The highest BCUT2D eigenvalue weighted by Gasteiger charge is 2.34. The van der Waals surface area contributed by atoms with E-state index in [4.69, 9.17) is 9.15 Å². The van der Waals surface area contributed by atoms with Gasteiger partial charge in [-0.2, -0.15) is 0 Å². The molecule has 1 N–H and O–H groups in total. The molecule has 0 saturated carbocycles. The predicted octanol–water partition coefficient (Wildman–Crippen LogP) is 3.06. The summed E-state index contributed by atoms with van der Waals surface area (Å²) in [6.45, 7) is 1.96. The van der Waals surface area contributed by atoms with Crippen LogP contribution in [0.3, 0.4) is 0 Å². The summed E-state index contributed by atoms with van der Waals surface area (Å²) in [5.41, 5.74) is 1.23. The van der Waals surface area contributed by atoms with Crippen molar-refractivity contribution in [2.75, 3.05) is 20.2 Å². The number of ether oxygens (including phenoxy) is 1. The maximum Gasteiger partial charge on any atom is 0.293 e. The molecule has 3 amide bonds. The van der Waals surface area contributed by atoms with Crippen LogP contribution in [0.5, 0.6) is 5.75 Å². The van der Waals surface area contributed by atoms with Crippen molar-refractivity contribution in [3.8, 4) is 5.75 Å². The van der Waals surface area contributed by atoms with Gasteiger partial charge in [0.2, 0.25) is 0 Å². The molecule has 2 aromatic rings. The van der Waals surface area contributed by atoms with Gasteiger partial charge in [0.25, 0.3) is 17.1 Å². The molecule has 1 aromatic carbocycles. The molecule has 7 nitrogen and oxygen atoms in total. The van der Waals surface area contributed by atoms with Crippen LogP contribution in [0.4, 0.5) is 4.79 Å². The Bertz CT molecular complexity index is 901. The first-order chi connectivity index (χ1) is 13.0. The first-order valence-electron chi connectivity index (χ1n) is 8.21. The number of furan rings is 1. The van der Waals surface area contributed by atoms with Crippen molar-refractivity contribution >= 4 is 34.9 Å². The molecule has 0 radical (unpaired) electrons. The van der Waals surface area contributed by atoms with Crippen molar-refractivity contribution in [1.29, 1.82) is 0 Å². The lowest BCUT2D eigenvalue weighted by Crippen LogP contribution is -2.37. The Morgan fingerprint density at radius 1 is 1.26 bits per heavy atom. The Hall–Kier alpha value is -3.00. The van der Waals surface area contributed by atoms with E-state index in [0.717, 1.165) is 22.2 Å². The van der Waals surface area contributed by atoms with Gasteiger partial charge in [-0.1, -0.05) is 12.1 Å². The molecular formula is C19H18N2O5S. The normalized spacial score (nSPS) is 15.5. The van der Waals surface area contributed by atoms with Gasteiger partial charge in [-0.25, -0.2) is 0 Å². The van der Waals surface area contributed by atoms with Crippen molar-refractivity contribution in [2.24, 2.45) is 0 Å². The molecule has 0 atom stereocenters. The first kappa shape index (κ1) is 18.8. The van der Waals surface area contributed by atoms with Crippen LogP contribution in [0.1, 0.15) is 21.7 Å². The Morgan fingerprint density at radius 3 is 2.63 bits per heavy atom. The van der Waals surface area contributed by atoms with Gasteiger partial charge in [0.05, 0.1) is 23.8 Å². The summed E-state index contributed by atoms with van der Waals surface area (Å²) in [7, 11) is 1.58. The number of benzene rings is 1. The summed E-state index contributed by atoms with van der Waals surface area (Å²) >= 11 is 0.885. The number of rotatable bonds is 6. The van der Waals surface area contributed by atoms with Crippen LogP contribution in [0, 0.1) is 6.92 Å². The highest BCUT2D eigenvalue weighted by atomic mass is 32.2. The minimum Gasteiger partial charge on any atom is -0.497 e. The molecule has 8 heteroatoms. The molecule has 2 heterocycles. The molecule has 1 aliphatic heterocycles. The van der Waals surface area contributed by atoms with E-state index >= 15 is 0 Å². The van der Waals surface area contributed by atoms with Gasteiger partial charge in [0.1, 0.15) is 11.5 Å². The van der Waals surface area contributed by atoms with Gasteiger partial charge in [-0.05, 0) is 48.5 Å². The number of methoxy groups -OCH3 is 1. The van der Waals surface area contributed by atoms with E-state index in [9.17, 15) is 14.4 Å². The molecule has 27 heavy (non-hydrogen) atoms. The van der Waals surface area contributed by atoms with Crippen molar-refractivity contribution in [3.63, 3.8) is 0 Å². The van der Waals surface area contributed by atoms with E-state index in [0.29, 0.717) is 22.0 Å². The zero-order valence-corrected chi connectivity index (χ0v) is 15.7. The van der Waals surface area contributed by atoms with E-state index in [1.807, 2.05) is 0 Å². The lowest BCUT2D eigenvalue weighted by molar-refractivity contribution is -0.122. The zero-order chi connectivity index (χ0) is 19.4. The number of thioether (sulfide) groups is 1. The number of aryl methyl sites for hydroxylation is 1. The van der Waals surface area contributed by atoms with Crippen LogP contribution in [0.15, 0.2) is 45.9 Å². The number of imide groups is 1. The van der Waals surface area contributed by atoms with Gasteiger partial charge in [0.15, 0.2) is 0 Å². The standard InChI is InChI=1S/C19H18N2O5S/c1-12-15(7-10-26-12)17(22)20-8-9-21-18(23)16(27-19(21)24)11-13-3-5-14(25-2)6-4-13/h3-7,10-11H,8-9H2,1-2H3,(H,20,22). The van der Waals surface area contributed by atoms with E-state index in [1.54, 1.807) is 50.4 Å². The summed E-state index contributed by atoms with van der Waals surface area (Å²) < 4.78 is 10.2.